The van der Waals surface area contributed by atoms with Crippen LogP contribution in [0.4, 0.5) is 4.39 Å². The van der Waals surface area contributed by atoms with E-state index in [1.54, 1.807) is 12.1 Å². The second-order valence-electron chi connectivity index (χ2n) is 4.62. The van der Waals surface area contributed by atoms with Crippen LogP contribution in [0.15, 0.2) is 28.8 Å². The highest BCUT2D eigenvalue weighted by atomic mass is 19.1. The maximum atomic E-state index is 13.4. The lowest BCUT2D eigenvalue weighted by Crippen LogP contribution is -2.15. The summed E-state index contributed by atoms with van der Waals surface area (Å²) in [5, 5.41) is 16.3. The maximum absolute atomic E-state index is 13.4. The van der Waals surface area contributed by atoms with E-state index in [4.69, 9.17) is 9.26 Å². The van der Waals surface area contributed by atoms with Gasteiger partial charge in [-0.1, -0.05) is 17.3 Å². The van der Waals surface area contributed by atoms with Gasteiger partial charge in [0, 0.05) is 6.54 Å². The lowest BCUT2D eigenvalue weighted by molar-refractivity contribution is 0.191. The normalized spacial score (nSPS) is 22.1. The molecular weight excluding hydrogens is 265 g/mol. The van der Waals surface area contributed by atoms with Crippen molar-refractivity contribution in [2.45, 2.75) is 25.2 Å². The van der Waals surface area contributed by atoms with Gasteiger partial charge in [-0.2, -0.15) is 4.98 Å². The standard InChI is InChI=1S/C13H14FN3O3/c14-9-3-1-2-4-11(9)19-7-12-16-13(20-17-12)10-5-8(18)6-15-10/h1-4,8,10,15,18H,5-7H2/t8-,10-/m1/s1. The Balaban J connectivity index is 1.62. The van der Waals surface area contributed by atoms with E-state index in [0.29, 0.717) is 24.7 Å². The van der Waals surface area contributed by atoms with Crippen LogP contribution in [0.5, 0.6) is 5.75 Å². The number of para-hydroxylation sites is 1. The van der Waals surface area contributed by atoms with Gasteiger partial charge in [0.05, 0.1) is 12.1 Å². The molecule has 1 aliphatic rings. The molecule has 1 aliphatic heterocycles. The molecule has 2 aromatic rings. The molecular formula is C13H14FN3O3. The fourth-order valence-corrected chi connectivity index (χ4v) is 2.08. The van der Waals surface area contributed by atoms with E-state index >= 15 is 0 Å². The highest BCUT2D eigenvalue weighted by molar-refractivity contribution is 5.23. The second kappa shape index (κ2) is 5.56. The van der Waals surface area contributed by atoms with Crippen LogP contribution in [0.2, 0.25) is 0 Å². The number of rotatable bonds is 4. The third kappa shape index (κ3) is 2.78. The molecule has 0 radical (unpaired) electrons. The molecule has 0 saturated carbocycles. The molecule has 0 amide bonds. The summed E-state index contributed by atoms with van der Waals surface area (Å²) in [4.78, 5) is 4.17. The Morgan fingerprint density at radius 3 is 3.05 bits per heavy atom. The zero-order chi connectivity index (χ0) is 13.9. The molecule has 2 atom stereocenters. The van der Waals surface area contributed by atoms with Crippen molar-refractivity contribution in [2.24, 2.45) is 0 Å². The number of aliphatic hydroxyl groups is 1. The van der Waals surface area contributed by atoms with E-state index in [0.717, 1.165) is 0 Å². The van der Waals surface area contributed by atoms with Gasteiger partial charge in [-0.25, -0.2) is 4.39 Å². The Bertz CT molecular complexity index is 590. The van der Waals surface area contributed by atoms with Gasteiger partial charge in [0.2, 0.25) is 11.7 Å². The van der Waals surface area contributed by atoms with E-state index in [2.05, 4.69) is 15.5 Å². The fraction of sp³-hybridized carbons (Fsp3) is 0.385. The molecule has 6 nitrogen and oxygen atoms in total. The number of β-amino-alcohol motifs (C(OH)–C–C–N with tert-alkyl or cyclic N) is 1. The molecule has 3 rings (SSSR count). The first-order chi connectivity index (χ1) is 9.72. The highest BCUT2D eigenvalue weighted by Crippen LogP contribution is 2.22. The molecule has 0 bridgehead atoms. The monoisotopic (exact) mass is 279 g/mol. The molecule has 0 aliphatic carbocycles. The molecule has 1 aromatic carbocycles. The van der Waals surface area contributed by atoms with E-state index < -0.39 is 11.9 Å². The zero-order valence-corrected chi connectivity index (χ0v) is 10.6. The first kappa shape index (κ1) is 13.0. The van der Waals surface area contributed by atoms with Crippen molar-refractivity contribution in [1.29, 1.82) is 0 Å². The van der Waals surface area contributed by atoms with Crippen molar-refractivity contribution >= 4 is 0 Å². The van der Waals surface area contributed by atoms with Gasteiger partial charge in [-0.05, 0) is 18.6 Å². The van der Waals surface area contributed by atoms with E-state index in [-0.39, 0.29) is 18.4 Å². The lowest BCUT2D eigenvalue weighted by atomic mass is 10.2. The molecule has 1 fully saturated rings. The lowest BCUT2D eigenvalue weighted by Gasteiger charge is -2.03. The Morgan fingerprint density at radius 1 is 1.45 bits per heavy atom. The highest BCUT2D eigenvalue weighted by Gasteiger charge is 2.28. The Morgan fingerprint density at radius 2 is 2.30 bits per heavy atom. The Hall–Kier alpha value is -1.99. The molecule has 20 heavy (non-hydrogen) atoms. The average molecular weight is 279 g/mol. The van der Waals surface area contributed by atoms with Crippen LogP contribution in [-0.2, 0) is 6.61 Å². The van der Waals surface area contributed by atoms with Crippen molar-refractivity contribution in [2.75, 3.05) is 6.54 Å². The summed E-state index contributed by atoms with van der Waals surface area (Å²) in [5.41, 5.74) is 0. The quantitative estimate of drug-likeness (QED) is 0.875. The van der Waals surface area contributed by atoms with Crippen LogP contribution < -0.4 is 10.1 Å². The maximum Gasteiger partial charge on any atom is 0.244 e. The van der Waals surface area contributed by atoms with Gasteiger partial charge in [-0.15, -0.1) is 0 Å². The minimum Gasteiger partial charge on any atom is -0.482 e. The number of halogens is 1. The number of ether oxygens (including phenoxy) is 1. The van der Waals surface area contributed by atoms with Crippen molar-refractivity contribution in [3.63, 3.8) is 0 Å². The number of nitrogens with zero attached hydrogens (tertiary/aromatic N) is 2. The molecule has 2 heterocycles. The molecule has 0 unspecified atom stereocenters. The summed E-state index contributed by atoms with van der Waals surface area (Å²) in [5.74, 6) is 0.463. The van der Waals surface area contributed by atoms with Gasteiger partial charge in [0.1, 0.15) is 0 Å². The SMILES string of the molecule is O[C@H]1CN[C@@H](c2nc(COc3ccccc3F)no2)C1. The summed E-state index contributed by atoms with van der Waals surface area (Å²) >= 11 is 0. The van der Waals surface area contributed by atoms with Gasteiger partial charge in [-0.3, -0.25) is 0 Å². The summed E-state index contributed by atoms with van der Waals surface area (Å²) in [6.45, 7) is 0.536. The first-order valence-electron chi connectivity index (χ1n) is 6.33. The predicted octanol–water partition coefficient (Wildman–Crippen LogP) is 1.18. The molecule has 106 valence electrons. The fourth-order valence-electron chi connectivity index (χ4n) is 2.08. The van der Waals surface area contributed by atoms with Crippen molar-refractivity contribution in [3.8, 4) is 5.75 Å². The number of benzene rings is 1. The van der Waals surface area contributed by atoms with E-state index in [1.807, 2.05) is 0 Å². The number of hydrogen-bond donors (Lipinski definition) is 2. The van der Waals surface area contributed by atoms with E-state index in [1.165, 1.54) is 12.1 Å². The van der Waals surface area contributed by atoms with Gasteiger partial charge in [0.25, 0.3) is 0 Å². The predicted molar refractivity (Wildman–Crippen MR) is 66.4 cm³/mol. The molecule has 1 aromatic heterocycles. The minimum absolute atomic E-state index is 0.0275. The number of aliphatic hydroxyl groups excluding tert-OH is 1. The molecule has 2 N–H and O–H groups in total. The van der Waals surface area contributed by atoms with E-state index in [9.17, 15) is 9.50 Å². The second-order valence-corrected chi connectivity index (χ2v) is 4.62. The van der Waals surface area contributed by atoms with Crippen LogP contribution in [0.25, 0.3) is 0 Å². The van der Waals surface area contributed by atoms with Crippen molar-refractivity contribution in [3.05, 3.63) is 41.8 Å². The van der Waals surface area contributed by atoms with Crippen molar-refractivity contribution < 1.29 is 18.8 Å². The largest absolute Gasteiger partial charge is 0.482 e. The van der Waals surface area contributed by atoms with Gasteiger partial charge >= 0.3 is 0 Å². The third-order valence-corrected chi connectivity index (χ3v) is 3.08. The van der Waals surface area contributed by atoms with Gasteiger partial charge in [0.15, 0.2) is 18.2 Å². The molecule has 1 saturated heterocycles. The molecule has 7 heteroatoms. The molecule has 0 spiro atoms. The summed E-state index contributed by atoms with van der Waals surface area (Å²) in [7, 11) is 0. The number of nitrogens with one attached hydrogen (secondary N) is 1. The number of hydrogen-bond acceptors (Lipinski definition) is 6. The van der Waals surface area contributed by atoms with Gasteiger partial charge < -0.3 is 19.7 Å². The van der Waals surface area contributed by atoms with Crippen LogP contribution in [0.1, 0.15) is 24.2 Å². The van der Waals surface area contributed by atoms with Crippen LogP contribution >= 0.6 is 0 Å². The number of aromatic nitrogens is 2. The van der Waals surface area contributed by atoms with Crippen LogP contribution in [0, 0.1) is 5.82 Å². The zero-order valence-electron chi connectivity index (χ0n) is 10.6. The summed E-state index contributed by atoms with van der Waals surface area (Å²) in [6, 6.07) is 5.99. The summed E-state index contributed by atoms with van der Waals surface area (Å²) < 4.78 is 23.8. The Labute approximate surface area is 114 Å². The topological polar surface area (TPSA) is 80.4 Å². The Kier molecular flexibility index (Phi) is 3.62. The summed E-state index contributed by atoms with van der Waals surface area (Å²) in [6.07, 6.45) is 0.139. The third-order valence-electron chi connectivity index (χ3n) is 3.08. The average Bonchev–Trinajstić information content (AvgIpc) is 3.06. The first-order valence-corrected chi connectivity index (χ1v) is 6.33. The van der Waals surface area contributed by atoms with Crippen LogP contribution in [0.3, 0.4) is 0 Å². The van der Waals surface area contributed by atoms with Crippen molar-refractivity contribution in [1.82, 2.24) is 15.5 Å². The minimum atomic E-state index is -0.434. The smallest absolute Gasteiger partial charge is 0.244 e. The van der Waals surface area contributed by atoms with Crippen LogP contribution in [-0.4, -0.2) is 27.9 Å².